The van der Waals surface area contributed by atoms with Crippen LogP contribution < -0.4 is 5.32 Å². The van der Waals surface area contributed by atoms with Crippen LogP contribution in [0.2, 0.25) is 0 Å². The number of rotatable bonds is 3. The molecule has 0 aliphatic carbocycles. The maximum absolute atomic E-state index is 10.9. The fourth-order valence-corrected chi connectivity index (χ4v) is 2.62. The number of hydrogen-bond donors (Lipinski definition) is 1. The fraction of sp³-hybridized carbons (Fsp3) is 0.917. The first-order valence-corrected chi connectivity index (χ1v) is 7.55. The number of carbonyl (C=O) groups excluding carboxylic acids is 1. The van der Waals surface area contributed by atoms with Crippen LogP contribution in [0.25, 0.3) is 0 Å². The Balaban J connectivity index is 0.000000357. The van der Waals surface area contributed by atoms with Gasteiger partial charge in [0.15, 0.2) is 0 Å². The highest BCUT2D eigenvalue weighted by atomic mass is 32.2. The molecule has 5 nitrogen and oxygen atoms in total. The Morgan fingerprint density at radius 2 is 2.17 bits per heavy atom. The molecule has 0 aromatic heterocycles. The van der Waals surface area contributed by atoms with Gasteiger partial charge < -0.3 is 14.2 Å². The number of ether oxygens (including phenoxy) is 1. The van der Waals surface area contributed by atoms with Gasteiger partial charge in [-0.25, -0.2) is 4.79 Å². The van der Waals surface area contributed by atoms with Gasteiger partial charge in [0.05, 0.1) is 7.11 Å². The molecule has 2 heterocycles. The highest BCUT2D eigenvalue weighted by Gasteiger charge is 2.36. The molecule has 0 bridgehead atoms. The molecule has 6 heteroatoms. The first kappa shape index (κ1) is 15.6. The van der Waals surface area contributed by atoms with E-state index >= 15 is 0 Å². The molecule has 2 atom stereocenters. The third kappa shape index (κ3) is 4.66. The van der Waals surface area contributed by atoms with Crippen molar-refractivity contribution in [3.63, 3.8) is 0 Å². The van der Waals surface area contributed by atoms with E-state index in [1.54, 1.807) is 14.2 Å². The second-order valence-corrected chi connectivity index (χ2v) is 5.11. The van der Waals surface area contributed by atoms with Crippen LogP contribution >= 0.6 is 12.0 Å². The van der Waals surface area contributed by atoms with Gasteiger partial charge in [0.2, 0.25) is 0 Å². The van der Waals surface area contributed by atoms with Crippen molar-refractivity contribution in [2.75, 3.05) is 33.6 Å². The predicted molar refractivity (Wildman–Crippen MR) is 73.7 cm³/mol. The summed E-state index contributed by atoms with van der Waals surface area (Å²) in [6.45, 7) is 1.74. The van der Waals surface area contributed by atoms with Gasteiger partial charge in [0.25, 0.3) is 0 Å². The molecule has 2 saturated heterocycles. The first-order valence-electron chi connectivity index (χ1n) is 6.40. The Morgan fingerprint density at radius 3 is 2.78 bits per heavy atom. The molecule has 0 aromatic carbocycles. The van der Waals surface area contributed by atoms with E-state index in [-0.39, 0.29) is 6.09 Å². The molecule has 2 aliphatic heterocycles. The number of carbonyl (C=O) groups is 1. The largest absolute Gasteiger partial charge is 0.448 e. The van der Waals surface area contributed by atoms with Crippen LogP contribution in [-0.4, -0.2) is 56.6 Å². The molecule has 18 heavy (non-hydrogen) atoms. The van der Waals surface area contributed by atoms with Crippen LogP contribution in [0.3, 0.4) is 0 Å². The predicted octanol–water partition coefficient (Wildman–Crippen LogP) is 1.88. The Labute approximate surface area is 114 Å². The lowest BCUT2D eigenvalue weighted by atomic mass is 10.1. The molecule has 0 spiro atoms. The molecular formula is C12H24N2O3S. The molecule has 0 aromatic rings. The van der Waals surface area contributed by atoms with E-state index in [0.29, 0.717) is 12.6 Å². The average molecular weight is 276 g/mol. The molecule has 1 N–H and O–H groups in total. The van der Waals surface area contributed by atoms with E-state index in [4.69, 9.17) is 4.74 Å². The van der Waals surface area contributed by atoms with Gasteiger partial charge in [-0.2, -0.15) is 0 Å². The first-order chi connectivity index (χ1) is 8.72. The Kier molecular flexibility index (Phi) is 7.46. The third-order valence-electron chi connectivity index (χ3n) is 3.50. The SMILES string of the molecule is CNC(=O)OCC1CCC2CCCN21.COSC. The fourth-order valence-electron chi connectivity index (χ4n) is 2.62. The Hall–Kier alpha value is -0.460. The monoisotopic (exact) mass is 276 g/mol. The van der Waals surface area contributed by atoms with Crippen LogP contribution in [0.4, 0.5) is 4.79 Å². The molecule has 2 rings (SSSR count). The van der Waals surface area contributed by atoms with Crippen molar-refractivity contribution >= 4 is 18.1 Å². The number of nitrogens with zero attached hydrogens (tertiary/aromatic N) is 1. The van der Waals surface area contributed by atoms with Crippen LogP contribution in [0, 0.1) is 0 Å². The molecule has 106 valence electrons. The molecule has 2 unspecified atom stereocenters. The molecule has 0 radical (unpaired) electrons. The van der Waals surface area contributed by atoms with Crippen molar-refractivity contribution in [2.24, 2.45) is 0 Å². The van der Waals surface area contributed by atoms with E-state index in [1.165, 1.54) is 44.3 Å². The maximum atomic E-state index is 10.9. The third-order valence-corrected chi connectivity index (χ3v) is 3.84. The molecular weight excluding hydrogens is 252 g/mol. The standard InChI is InChI=1S/C10H18N2O2.C2H6OS/c1-11-10(13)14-7-9-5-4-8-3-2-6-12(8)9;1-3-4-2/h8-9H,2-7H2,1H3,(H,11,13);1-2H3. The van der Waals surface area contributed by atoms with Crippen molar-refractivity contribution in [1.82, 2.24) is 10.2 Å². The van der Waals surface area contributed by atoms with Gasteiger partial charge >= 0.3 is 6.09 Å². The van der Waals surface area contributed by atoms with Gasteiger partial charge in [-0.05, 0) is 44.3 Å². The molecule has 1 amide bonds. The van der Waals surface area contributed by atoms with Crippen molar-refractivity contribution in [3.8, 4) is 0 Å². The van der Waals surface area contributed by atoms with Crippen molar-refractivity contribution in [3.05, 3.63) is 0 Å². The summed E-state index contributed by atoms with van der Waals surface area (Å²) in [4.78, 5) is 13.4. The smallest absolute Gasteiger partial charge is 0.406 e. The van der Waals surface area contributed by atoms with Crippen LogP contribution in [0.15, 0.2) is 0 Å². The Bertz CT molecular complexity index is 251. The summed E-state index contributed by atoms with van der Waals surface area (Å²) < 4.78 is 9.55. The summed E-state index contributed by atoms with van der Waals surface area (Å²) in [6, 6.07) is 1.24. The quantitative estimate of drug-likeness (QED) is 0.798. The summed E-state index contributed by atoms with van der Waals surface area (Å²) in [6.07, 6.45) is 6.66. The minimum atomic E-state index is -0.312. The molecule has 0 saturated carbocycles. The zero-order chi connectivity index (χ0) is 13.4. The number of fused-ring (bicyclic) bond motifs is 1. The van der Waals surface area contributed by atoms with Gasteiger partial charge in [-0.15, -0.1) is 0 Å². The van der Waals surface area contributed by atoms with E-state index in [9.17, 15) is 4.79 Å². The second kappa shape index (κ2) is 8.61. The maximum Gasteiger partial charge on any atom is 0.406 e. The van der Waals surface area contributed by atoms with Crippen LogP contribution in [-0.2, 0) is 8.92 Å². The molecule has 2 aliphatic rings. The minimum Gasteiger partial charge on any atom is -0.448 e. The lowest BCUT2D eigenvalue weighted by Gasteiger charge is -2.23. The lowest BCUT2D eigenvalue weighted by molar-refractivity contribution is 0.107. The summed E-state index contributed by atoms with van der Waals surface area (Å²) in [5, 5.41) is 2.47. The Morgan fingerprint density at radius 1 is 1.44 bits per heavy atom. The summed E-state index contributed by atoms with van der Waals surface area (Å²) in [5.74, 6) is 0. The van der Waals surface area contributed by atoms with Gasteiger partial charge in [0.1, 0.15) is 6.61 Å². The summed E-state index contributed by atoms with van der Waals surface area (Å²) in [7, 11) is 3.24. The van der Waals surface area contributed by atoms with E-state index in [2.05, 4.69) is 14.4 Å². The normalized spacial score (nSPS) is 26.2. The van der Waals surface area contributed by atoms with E-state index in [1.807, 2.05) is 6.26 Å². The zero-order valence-electron chi connectivity index (χ0n) is 11.5. The van der Waals surface area contributed by atoms with Crippen molar-refractivity contribution in [2.45, 2.75) is 37.8 Å². The van der Waals surface area contributed by atoms with Gasteiger partial charge in [0, 0.05) is 25.4 Å². The van der Waals surface area contributed by atoms with Crippen LogP contribution in [0.5, 0.6) is 0 Å². The zero-order valence-corrected chi connectivity index (χ0v) is 12.3. The number of amides is 1. The van der Waals surface area contributed by atoms with Crippen LogP contribution in [0.1, 0.15) is 25.7 Å². The van der Waals surface area contributed by atoms with Gasteiger partial charge in [-0.1, -0.05) is 0 Å². The summed E-state index contributed by atoms with van der Waals surface area (Å²) >= 11 is 1.36. The minimum absolute atomic E-state index is 0.312. The molecule has 2 fully saturated rings. The van der Waals surface area contributed by atoms with E-state index in [0.717, 1.165) is 6.04 Å². The lowest BCUT2D eigenvalue weighted by Crippen LogP contribution is -2.36. The average Bonchev–Trinajstić information content (AvgIpc) is 2.99. The number of nitrogens with one attached hydrogen (secondary N) is 1. The number of alkyl carbamates (subject to hydrolysis) is 1. The summed E-state index contributed by atoms with van der Waals surface area (Å²) in [5.41, 5.74) is 0. The van der Waals surface area contributed by atoms with Gasteiger partial charge in [-0.3, -0.25) is 4.90 Å². The van der Waals surface area contributed by atoms with Crippen molar-refractivity contribution in [1.29, 1.82) is 0 Å². The number of hydrogen-bond acceptors (Lipinski definition) is 5. The van der Waals surface area contributed by atoms with Crippen molar-refractivity contribution < 1.29 is 13.7 Å². The highest BCUT2D eigenvalue weighted by Crippen LogP contribution is 2.32. The van der Waals surface area contributed by atoms with E-state index < -0.39 is 0 Å². The topological polar surface area (TPSA) is 50.8 Å². The highest BCUT2D eigenvalue weighted by molar-refractivity contribution is 7.93. The second-order valence-electron chi connectivity index (χ2n) is 4.45.